The van der Waals surface area contributed by atoms with Gasteiger partial charge in [0.2, 0.25) is 0 Å². The van der Waals surface area contributed by atoms with E-state index >= 15 is 0 Å². The SMILES string of the molecule is Oc1ccc(CC(O)C2CCCN2)cc1. The van der Waals surface area contributed by atoms with Crippen molar-refractivity contribution in [2.24, 2.45) is 0 Å². The molecule has 0 aromatic heterocycles. The third kappa shape index (κ3) is 2.70. The average Bonchev–Trinajstić information content (AvgIpc) is 2.74. The van der Waals surface area contributed by atoms with Crippen LogP contribution in [0.4, 0.5) is 0 Å². The first-order valence-electron chi connectivity index (χ1n) is 5.45. The molecule has 82 valence electrons. The third-order valence-corrected chi connectivity index (χ3v) is 2.94. The predicted octanol–water partition coefficient (Wildman–Crippen LogP) is 1.05. The van der Waals surface area contributed by atoms with Crippen LogP contribution in [0.3, 0.4) is 0 Å². The maximum absolute atomic E-state index is 9.95. The molecule has 1 fully saturated rings. The lowest BCUT2D eigenvalue weighted by Crippen LogP contribution is -2.36. The summed E-state index contributed by atoms with van der Waals surface area (Å²) in [6.45, 7) is 1.01. The van der Waals surface area contributed by atoms with Gasteiger partial charge in [-0.05, 0) is 43.5 Å². The highest BCUT2D eigenvalue weighted by atomic mass is 16.3. The highest BCUT2D eigenvalue weighted by Crippen LogP contribution is 2.15. The topological polar surface area (TPSA) is 52.5 Å². The number of nitrogens with one attached hydrogen (secondary N) is 1. The molecule has 0 radical (unpaired) electrons. The van der Waals surface area contributed by atoms with E-state index in [2.05, 4.69) is 5.32 Å². The molecule has 15 heavy (non-hydrogen) atoms. The zero-order chi connectivity index (χ0) is 10.7. The quantitative estimate of drug-likeness (QED) is 0.694. The minimum absolute atomic E-state index is 0.235. The van der Waals surface area contributed by atoms with Gasteiger partial charge in [0.15, 0.2) is 0 Å². The van der Waals surface area contributed by atoms with Crippen molar-refractivity contribution in [3.63, 3.8) is 0 Å². The molecule has 2 rings (SSSR count). The molecule has 1 saturated heterocycles. The molecular weight excluding hydrogens is 190 g/mol. The molecule has 0 amide bonds. The fourth-order valence-electron chi connectivity index (χ4n) is 2.06. The minimum Gasteiger partial charge on any atom is -0.508 e. The Kier molecular flexibility index (Phi) is 3.23. The van der Waals surface area contributed by atoms with Crippen molar-refractivity contribution in [1.29, 1.82) is 0 Å². The minimum atomic E-state index is -0.322. The number of phenols is 1. The van der Waals surface area contributed by atoms with Gasteiger partial charge in [-0.2, -0.15) is 0 Å². The summed E-state index contributed by atoms with van der Waals surface area (Å²) < 4.78 is 0. The summed E-state index contributed by atoms with van der Waals surface area (Å²) in [5.74, 6) is 0.271. The van der Waals surface area contributed by atoms with Crippen LogP contribution in [0.25, 0.3) is 0 Å². The van der Waals surface area contributed by atoms with Gasteiger partial charge in [0.05, 0.1) is 6.10 Å². The van der Waals surface area contributed by atoms with Crippen LogP contribution in [-0.2, 0) is 6.42 Å². The maximum Gasteiger partial charge on any atom is 0.115 e. The second-order valence-corrected chi connectivity index (χ2v) is 4.14. The van der Waals surface area contributed by atoms with E-state index in [0.717, 1.165) is 24.9 Å². The Labute approximate surface area is 89.8 Å². The molecule has 3 heteroatoms. The second kappa shape index (κ2) is 4.64. The van der Waals surface area contributed by atoms with Crippen LogP contribution in [0.5, 0.6) is 5.75 Å². The summed E-state index contributed by atoms with van der Waals surface area (Å²) in [5, 5.41) is 22.4. The molecule has 1 aromatic carbocycles. The normalized spacial score (nSPS) is 22.9. The van der Waals surface area contributed by atoms with Crippen LogP contribution >= 0.6 is 0 Å². The zero-order valence-corrected chi connectivity index (χ0v) is 8.69. The molecule has 0 aliphatic carbocycles. The van der Waals surface area contributed by atoms with Crippen molar-refractivity contribution in [2.45, 2.75) is 31.4 Å². The van der Waals surface area contributed by atoms with Crippen molar-refractivity contribution < 1.29 is 10.2 Å². The summed E-state index contributed by atoms with van der Waals surface area (Å²) in [4.78, 5) is 0. The van der Waals surface area contributed by atoms with Crippen molar-refractivity contribution in [2.75, 3.05) is 6.54 Å². The fraction of sp³-hybridized carbons (Fsp3) is 0.500. The van der Waals surface area contributed by atoms with E-state index in [1.165, 1.54) is 0 Å². The Hall–Kier alpha value is -1.06. The second-order valence-electron chi connectivity index (χ2n) is 4.14. The molecule has 0 spiro atoms. The molecule has 1 aliphatic heterocycles. The van der Waals surface area contributed by atoms with E-state index in [1.54, 1.807) is 12.1 Å². The molecule has 0 bridgehead atoms. The van der Waals surface area contributed by atoms with Crippen LogP contribution in [0.1, 0.15) is 18.4 Å². The number of aromatic hydroxyl groups is 1. The van der Waals surface area contributed by atoms with Crippen molar-refractivity contribution >= 4 is 0 Å². The number of rotatable bonds is 3. The van der Waals surface area contributed by atoms with Gasteiger partial charge in [0, 0.05) is 6.04 Å². The summed E-state index contributed by atoms with van der Waals surface area (Å²) in [5.41, 5.74) is 1.06. The van der Waals surface area contributed by atoms with Gasteiger partial charge >= 0.3 is 0 Å². The molecular formula is C12H17NO2. The fourth-order valence-corrected chi connectivity index (χ4v) is 2.06. The Bertz CT molecular complexity index is 304. The van der Waals surface area contributed by atoms with E-state index in [-0.39, 0.29) is 17.9 Å². The monoisotopic (exact) mass is 207 g/mol. The molecule has 2 unspecified atom stereocenters. The Morgan fingerprint density at radius 2 is 2.07 bits per heavy atom. The largest absolute Gasteiger partial charge is 0.508 e. The van der Waals surface area contributed by atoms with Crippen LogP contribution in [-0.4, -0.2) is 28.9 Å². The Morgan fingerprint density at radius 1 is 1.33 bits per heavy atom. The third-order valence-electron chi connectivity index (χ3n) is 2.94. The van der Waals surface area contributed by atoms with Crippen molar-refractivity contribution in [3.8, 4) is 5.75 Å². The van der Waals surface area contributed by atoms with Gasteiger partial charge in [-0.3, -0.25) is 0 Å². The standard InChI is InChI=1S/C12H17NO2/c14-10-5-3-9(4-6-10)8-12(15)11-2-1-7-13-11/h3-6,11-15H,1-2,7-8H2. The maximum atomic E-state index is 9.95. The van der Waals surface area contributed by atoms with E-state index in [9.17, 15) is 5.11 Å². The van der Waals surface area contributed by atoms with Gasteiger partial charge in [-0.1, -0.05) is 12.1 Å². The molecule has 1 aromatic rings. The highest BCUT2D eigenvalue weighted by molar-refractivity contribution is 5.26. The number of hydrogen-bond acceptors (Lipinski definition) is 3. The van der Waals surface area contributed by atoms with Gasteiger partial charge < -0.3 is 15.5 Å². The first-order valence-corrected chi connectivity index (χ1v) is 5.45. The van der Waals surface area contributed by atoms with Crippen molar-refractivity contribution in [3.05, 3.63) is 29.8 Å². The summed E-state index contributed by atoms with van der Waals surface area (Å²) in [6, 6.07) is 7.26. The molecule has 0 saturated carbocycles. The van der Waals surface area contributed by atoms with Gasteiger partial charge in [-0.15, -0.1) is 0 Å². The highest BCUT2D eigenvalue weighted by Gasteiger charge is 2.22. The molecule has 2 atom stereocenters. The first-order chi connectivity index (χ1) is 7.25. The number of hydrogen-bond donors (Lipinski definition) is 3. The summed E-state index contributed by atoms with van der Waals surface area (Å²) in [7, 11) is 0. The van der Waals surface area contributed by atoms with E-state index in [0.29, 0.717) is 6.42 Å². The average molecular weight is 207 g/mol. The Morgan fingerprint density at radius 3 is 2.67 bits per heavy atom. The lowest BCUT2D eigenvalue weighted by molar-refractivity contribution is 0.136. The Balaban J connectivity index is 1.92. The van der Waals surface area contributed by atoms with Crippen LogP contribution in [0.2, 0.25) is 0 Å². The van der Waals surface area contributed by atoms with E-state index in [4.69, 9.17) is 5.11 Å². The number of aliphatic hydroxyl groups excluding tert-OH is 1. The zero-order valence-electron chi connectivity index (χ0n) is 8.69. The summed E-state index contributed by atoms with van der Waals surface area (Å²) in [6.07, 6.45) is 2.53. The lowest BCUT2D eigenvalue weighted by Gasteiger charge is -2.18. The molecule has 1 aliphatic rings. The van der Waals surface area contributed by atoms with Crippen LogP contribution in [0, 0.1) is 0 Å². The number of phenolic OH excluding ortho intramolecular Hbond substituents is 1. The van der Waals surface area contributed by atoms with Gasteiger partial charge in [0.1, 0.15) is 5.75 Å². The first kappa shape index (κ1) is 10.5. The number of aliphatic hydroxyl groups is 1. The van der Waals surface area contributed by atoms with Crippen LogP contribution in [0.15, 0.2) is 24.3 Å². The molecule has 3 N–H and O–H groups in total. The summed E-state index contributed by atoms with van der Waals surface area (Å²) >= 11 is 0. The van der Waals surface area contributed by atoms with Gasteiger partial charge in [-0.25, -0.2) is 0 Å². The van der Waals surface area contributed by atoms with E-state index in [1.807, 2.05) is 12.1 Å². The molecule has 3 nitrogen and oxygen atoms in total. The molecule has 1 heterocycles. The predicted molar refractivity (Wildman–Crippen MR) is 58.8 cm³/mol. The van der Waals surface area contributed by atoms with E-state index < -0.39 is 0 Å². The van der Waals surface area contributed by atoms with Gasteiger partial charge in [0.25, 0.3) is 0 Å². The van der Waals surface area contributed by atoms with Crippen molar-refractivity contribution in [1.82, 2.24) is 5.32 Å². The number of benzene rings is 1. The lowest BCUT2D eigenvalue weighted by atomic mass is 10.0. The smallest absolute Gasteiger partial charge is 0.115 e. The van der Waals surface area contributed by atoms with Crippen LogP contribution < -0.4 is 5.32 Å².